The molecule has 0 aliphatic rings. The molecule has 0 saturated heterocycles. The molecule has 5 heteroatoms. The average molecular weight is 316 g/mol. The molecule has 0 amide bonds. The lowest BCUT2D eigenvalue weighted by Crippen LogP contribution is -2.17. The van der Waals surface area contributed by atoms with Gasteiger partial charge in [-0.05, 0) is 41.5 Å². The highest BCUT2D eigenvalue weighted by molar-refractivity contribution is 9.10. The van der Waals surface area contributed by atoms with Crippen LogP contribution in [-0.4, -0.2) is 6.36 Å². The summed E-state index contributed by atoms with van der Waals surface area (Å²) in [6, 6.07) is 14.0. The minimum atomic E-state index is -4.68. The molecular weight excluding hydrogens is 309 g/mol. The molecule has 1 radical (unpaired) electrons. The van der Waals surface area contributed by atoms with E-state index in [1.54, 1.807) is 24.3 Å². The van der Waals surface area contributed by atoms with Gasteiger partial charge in [0, 0.05) is 4.47 Å². The zero-order valence-electron chi connectivity index (χ0n) is 8.96. The quantitative estimate of drug-likeness (QED) is 0.772. The van der Waals surface area contributed by atoms with E-state index in [-0.39, 0.29) is 5.75 Å². The number of hydrogen-bond acceptors (Lipinski definition) is 1. The largest absolute Gasteiger partial charge is 0.573 e. The summed E-state index contributed by atoms with van der Waals surface area (Å²) in [4.78, 5) is 0. The highest BCUT2D eigenvalue weighted by Gasteiger charge is 2.31. The highest BCUT2D eigenvalue weighted by Crippen LogP contribution is 2.28. The zero-order chi connectivity index (χ0) is 13.2. The number of benzene rings is 2. The van der Waals surface area contributed by atoms with Gasteiger partial charge in [0.05, 0.1) is 0 Å². The molecule has 93 valence electrons. The topological polar surface area (TPSA) is 9.23 Å². The van der Waals surface area contributed by atoms with Crippen LogP contribution in [0.3, 0.4) is 0 Å². The van der Waals surface area contributed by atoms with Crippen LogP contribution < -0.4 is 4.74 Å². The first-order valence-electron chi connectivity index (χ1n) is 4.97. The molecule has 0 aliphatic carbocycles. The summed E-state index contributed by atoms with van der Waals surface area (Å²) in [5.41, 5.74) is 1.41. The van der Waals surface area contributed by atoms with E-state index in [0.717, 1.165) is 10.0 Å². The molecule has 0 atom stereocenters. The van der Waals surface area contributed by atoms with Gasteiger partial charge in [-0.25, -0.2) is 0 Å². The van der Waals surface area contributed by atoms with Crippen molar-refractivity contribution in [3.05, 3.63) is 53.0 Å². The van der Waals surface area contributed by atoms with Crippen LogP contribution in [0.25, 0.3) is 11.1 Å². The Bertz CT molecular complexity index is 535. The van der Waals surface area contributed by atoms with Gasteiger partial charge in [-0.2, -0.15) is 0 Å². The van der Waals surface area contributed by atoms with Crippen molar-refractivity contribution in [1.29, 1.82) is 0 Å². The fourth-order valence-corrected chi connectivity index (χ4v) is 1.70. The van der Waals surface area contributed by atoms with Crippen LogP contribution in [0.15, 0.2) is 46.9 Å². The van der Waals surface area contributed by atoms with Gasteiger partial charge in [-0.1, -0.05) is 34.1 Å². The molecule has 0 aliphatic heterocycles. The second-order valence-electron chi connectivity index (χ2n) is 3.50. The molecule has 0 spiro atoms. The van der Waals surface area contributed by atoms with E-state index in [9.17, 15) is 13.2 Å². The van der Waals surface area contributed by atoms with E-state index >= 15 is 0 Å². The Morgan fingerprint density at radius 3 is 2.44 bits per heavy atom. The number of alkyl halides is 3. The van der Waals surface area contributed by atoms with E-state index in [1.165, 1.54) is 18.2 Å². The molecule has 2 aromatic carbocycles. The SMILES string of the molecule is FC(F)(F)Oc1cccc(-c2c[c]c(Br)cc2)c1. The fraction of sp³-hybridized carbons (Fsp3) is 0.0769. The lowest BCUT2D eigenvalue weighted by molar-refractivity contribution is -0.274. The Morgan fingerprint density at radius 1 is 1.06 bits per heavy atom. The maximum Gasteiger partial charge on any atom is 0.573 e. The summed E-state index contributed by atoms with van der Waals surface area (Å²) in [6.07, 6.45) is -4.68. The maximum absolute atomic E-state index is 12.1. The standard InChI is InChI=1S/C13H7BrF3O/c14-11-6-4-9(5-7-11)10-2-1-3-12(8-10)18-13(15,16)17/h1-6,8H. The Labute approximate surface area is 110 Å². The van der Waals surface area contributed by atoms with Crippen molar-refractivity contribution in [2.24, 2.45) is 0 Å². The molecule has 18 heavy (non-hydrogen) atoms. The highest BCUT2D eigenvalue weighted by atomic mass is 79.9. The van der Waals surface area contributed by atoms with Crippen molar-refractivity contribution in [1.82, 2.24) is 0 Å². The van der Waals surface area contributed by atoms with Crippen LogP contribution in [0.1, 0.15) is 0 Å². The van der Waals surface area contributed by atoms with Gasteiger partial charge >= 0.3 is 6.36 Å². The summed E-state index contributed by atoms with van der Waals surface area (Å²) in [5.74, 6) is -0.233. The summed E-state index contributed by atoms with van der Waals surface area (Å²) in [5, 5.41) is 0. The van der Waals surface area contributed by atoms with Crippen molar-refractivity contribution in [2.75, 3.05) is 0 Å². The first-order chi connectivity index (χ1) is 8.44. The molecule has 0 unspecified atom stereocenters. The lowest BCUT2D eigenvalue weighted by atomic mass is 10.1. The molecule has 0 aromatic heterocycles. The summed E-state index contributed by atoms with van der Waals surface area (Å²) in [6.45, 7) is 0. The maximum atomic E-state index is 12.1. The van der Waals surface area contributed by atoms with Gasteiger partial charge < -0.3 is 4.74 Å². The number of hydrogen-bond donors (Lipinski definition) is 0. The van der Waals surface area contributed by atoms with Crippen LogP contribution in [-0.2, 0) is 0 Å². The van der Waals surface area contributed by atoms with Gasteiger partial charge in [-0.15, -0.1) is 13.2 Å². The molecule has 2 rings (SSSR count). The van der Waals surface area contributed by atoms with E-state index in [0.29, 0.717) is 5.56 Å². The summed E-state index contributed by atoms with van der Waals surface area (Å²) >= 11 is 3.24. The Hall–Kier alpha value is -1.49. The van der Waals surface area contributed by atoms with E-state index < -0.39 is 6.36 Å². The minimum absolute atomic E-state index is 0.233. The third-order valence-electron chi connectivity index (χ3n) is 2.18. The van der Waals surface area contributed by atoms with E-state index in [2.05, 4.69) is 26.7 Å². The van der Waals surface area contributed by atoms with Crippen molar-refractivity contribution in [3.8, 4) is 16.9 Å². The molecule has 2 aromatic rings. The first-order valence-corrected chi connectivity index (χ1v) is 5.77. The first kappa shape index (κ1) is 13.0. The van der Waals surface area contributed by atoms with Crippen LogP contribution >= 0.6 is 15.9 Å². The summed E-state index contributed by atoms with van der Waals surface area (Å²) < 4.78 is 40.9. The van der Waals surface area contributed by atoms with Crippen molar-refractivity contribution in [2.45, 2.75) is 6.36 Å². The van der Waals surface area contributed by atoms with Gasteiger partial charge in [0.2, 0.25) is 0 Å². The Morgan fingerprint density at radius 2 is 1.83 bits per heavy atom. The molecule has 0 fully saturated rings. The molecule has 1 nitrogen and oxygen atoms in total. The Kier molecular flexibility index (Phi) is 3.61. The van der Waals surface area contributed by atoms with Crippen molar-refractivity contribution in [3.63, 3.8) is 0 Å². The van der Waals surface area contributed by atoms with Crippen LogP contribution in [0.2, 0.25) is 0 Å². The minimum Gasteiger partial charge on any atom is -0.406 e. The third kappa shape index (κ3) is 3.50. The molecule has 0 heterocycles. The zero-order valence-corrected chi connectivity index (χ0v) is 10.5. The second-order valence-corrected chi connectivity index (χ2v) is 4.36. The average Bonchev–Trinajstić information content (AvgIpc) is 2.28. The van der Waals surface area contributed by atoms with Crippen LogP contribution in [0, 0.1) is 6.07 Å². The van der Waals surface area contributed by atoms with Gasteiger partial charge in [0.25, 0.3) is 0 Å². The number of halogens is 4. The van der Waals surface area contributed by atoms with Crippen LogP contribution in [0.4, 0.5) is 13.2 Å². The van der Waals surface area contributed by atoms with E-state index in [1.807, 2.05) is 0 Å². The molecular formula is C13H7BrF3O. The molecule has 0 saturated carbocycles. The third-order valence-corrected chi connectivity index (χ3v) is 2.67. The molecule has 0 N–H and O–H groups in total. The van der Waals surface area contributed by atoms with Gasteiger partial charge in [-0.3, -0.25) is 0 Å². The number of rotatable bonds is 2. The Balaban J connectivity index is 2.29. The smallest absolute Gasteiger partial charge is 0.406 e. The predicted molar refractivity (Wildman–Crippen MR) is 65.1 cm³/mol. The van der Waals surface area contributed by atoms with Gasteiger partial charge in [0.1, 0.15) is 5.75 Å². The van der Waals surface area contributed by atoms with Gasteiger partial charge in [0.15, 0.2) is 0 Å². The van der Waals surface area contributed by atoms with Crippen molar-refractivity contribution < 1.29 is 17.9 Å². The molecule has 0 bridgehead atoms. The summed E-state index contributed by atoms with van der Waals surface area (Å²) in [7, 11) is 0. The fourth-order valence-electron chi connectivity index (χ4n) is 1.46. The number of ether oxygens (including phenoxy) is 1. The van der Waals surface area contributed by atoms with Crippen LogP contribution in [0.5, 0.6) is 5.75 Å². The van der Waals surface area contributed by atoms with E-state index in [4.69, 9.17) is 0 Å². The van der Waals surface area contributed by atoms with Crippen molar-refractivity contribution >= 4 is 15.9 Å². The monoisotopic (exact) mass is 315 g/mol. The predicted octanol–water partition coefficient (Wildman–Crippen LogP) is 4.81. The lowest BCUT2D eigenvalue weighted by Gasteiger charge is -2.10. The second kappa shape index (κ2) is 5.02. The normalized spacial score (nSPS) is 11.3.